The standard InChI is InChI=1S/C12H14N2O/c1-3-12(2,9-13)14-11(15)10-7-5-4-6-8-10/h4-8H,3H2,1-2H3,(H,14,15). The molecule has 1 N–H and O–H groups in total. The Kier molecular flexibility index (Phi) is 3.46. The average molecular weight is 202 g/mol. The Bertz CT molecular complexity index is 380. The van der Waals surface area contributed by atoms with Crippen molar-refractivity contribution in [1.82, 2.24) is 5.32 Å². The number of amides is 1. The number of nitrogens with zero attached hydrogens (tertiary/aromatic N) is 1. The molecule has 0 bridgehead atoms. The number of hydrogen-bond acceptors (Lipinski definition) is 2. The van der Waals surface area contributed by atoms with Gasteiger partial charge in [-0.1, -0.05) is 25.1 Å². The summed E-state index contributed by atoms with van der Waals surface area (Å²) in [6.07, 6.45) is 0.585. The van der Waals surface area contributed by atoms with Gasteiger partial charge in [-0.15, -0.1) is 0 Å². The first kappa shape index (κ1) is 11.3. The van der Waals surface area contributed by atoms with Crippen LogP contribution in [0.5, 0.6) is 0 Å². The van der Waals surface area contributed by atoms with E-state index in [0.717, 1.165) is 0 Å². The molecule has 0 saturated heterocycles. The molecule has 0 radical (unpaired) electrons. The fourth-order valence-electron chi connectivity index (χ4n) is 1.11. The first-order valence-electron chi connectivity index (χ1n) is 4.90. The minimum Gasteiger partial charge on any atom is -0.334 e. The number of carbonyl (C=O) groups is 1. The summed E-state index contributed by atoms with van der Waals surface area (Å²) in [5.41, 5.74) is -0.208. The summed E-state index contributed by atoms with van der Waals surface area (Å²) in [5, 5.41) is 11.6. The van der Waals surface area contributed by atoms with E-state index in [4.69, 9.17) is 5.26 Å². The highest BCUT2D eigenvalue weighted by atomic mass is 16.1. The zero-order chi connectivity index (χ0) is 11.3. The molecule has 0 spiro atoms. The maximum absolute atomic E-state index is 11.7. The summed E-state index contributed by atoms with van der Waals surface area (Å²) in [6, 6.07) is 11.0. The Hall–Kier alpha value is -1.82. The second-order valence-electron chi connectivity index (χ2n) is 3.62. The van der Waals surface area contributed by atoms with Crippen LogP contribution in [0.3, 0.4) is 0 Å². The van der Waals surface area contributed by atoms with Crippen molar-refractivity contribution in [1.29, 1.82) is 5.26 Å². The highest BCUT2D eigenvalue weighted by molar-refractivity contribution is 5.94. The molecule has 0 fully saturated rings. The molecule has 0 saturated carbocycles. The van der Waals surface area contributed by atoms with E-state index in [9.17, 15) is 4.79 Å². The summed E-state index contributed by atoms with van der Waals surface area (Å²) in [7, 11) is 0. The van der Waals surface area contributed by atoms with Gasteiger partial charge in [-0.2, -0.15) is 5.26 Å². The molecular formula is C12H14N2O. The van der Waals surface area contributed by atoms with Gasteiger partial charge in [0.1, 0.15) is 5.54 Å². The van der Waals surface area contributed by atoms with Crippen LogP contribution in [0.4, 0.5) is 0 Å². The zero-order valence-corrected chi connectivity index (χ0v) is 8.95. The van der Waals surface area contributed by atoms with E-state index in [-0.39, 0.29) is 5.91 Å². The molecule has 0 aliphatic heterocycles. The van der Waals surface area contributed by atoms with Gasteiger partial charge in [0, 0.05) is 5.56 Å². The molecule has 0 heterocycles. The molecule has 1 amide bonds. The lowest BCUT2D eigenvalue weighted by atomic mass is 10.0. The van der Waals surface area contributed by atoms with Crippen LogP contribution in [0.15, 0.2) is 30.3 Å². The Morgan fingerprint density at radius 2 is 2.07 bits per heavy atom. The van der Waals surface area contributed by atoms with E-state index < -0.39 is 5.54 Å². The maximum Gasteiger partial charge on any atom is 0.252 e. The number of nitriles is 1. The van der Waals surface area contributed by atoms with Crippen molar-refractivity contribution in [2.75, 3.05) is 0 Å². The summed E-state index contributed by atoms with van der Waals surface area (Å²) >= 11 is 0. The summed E-state index contributed by atoms with van der Waals surface area (Å²) < 4.78 is 0. The molecule has 78 valence electrons. The third-order valence-electron chi connectivity index (χ3n) is 2.38. The van der Waals surface area contributed by atoms with E-state index >= 15 is 0 Å². The van der Waals surface area contributed by atoms with Crippen LogP contribution in [0.25, 0.3) is 0 Å². The maximum atomic E-state index is 11.7. The van der Waals surface area contributed by atoms with E-state index in [1.165, 1.54) is 0 Å². The van der Waals surface area contributed by atoms with Crippen molar-refractivity contribution in [3.8, 4) is 6.07 Å². The Balaban J connectivity index is 2.77. The van der Waals surface area contributed by atoms with Gasteiger partial charge in [-0.25, -0.2) is 0 Å². The molecule has 0 aliphatic rings. The molecule has 1 aromatic carbocycles. The Labute approximate surface area is 89.7 Å². The quantitative estimate of drug-likeness (QED) is 0.816. The minimum atomic E-state index is -0.785. The Morgan fingerprint density at radius 1 is 1.47 bits per heavy atom. The van der Waals surface area contributed by atoms with Crippen LogP contribution in [0.1, 0.15) is 30.6 Å². The van der Waals surface area contributed by atoms with E-state index in [1.807, 2.05) is 13.0 Å². The van der Waals surface area contributed by atoms with Gasteiger partial charge in [-0.05, 0) is 25.5 Å². The second kappa shape index (κ2) is 4.61. The lowest BCUT2D eigenvalue weighted by Gasteiger charge is -2.21. The lowest BCUT2D eigenvalue weighted by molar-refractivity contribution is 0.0923. The van der Waals surface area contributed by atoms with Gasteiger partial charge in [0.2, 0.25) is 0 Å². The van der Waals surface area contributed by atoms with Crippen molar-refractivity contribution >= 4 is 5.91 Å². The monoisotopic (exact) mass is 202 g/mol. The van der Waals surface area contributed by atoms with Crippen LogP contribution < -0.4 is 5.32 Å². The van der Waals surface area contributed by atoms with Crippen LogP contribution >= 0.6 is 0 Å². The molecule has 0 aliphatic carbocycles. The smallest absolute Gasteiger partial charge is 0.252 e. The summed E-state index contributed by atoms with van der Waals surface area (Å²) in [4.78, 5) is 11.7. The molecule has 3 heteroatoms. The highest BCUT2D eigenvalue weighted by Gasteiger charge is 2.23. The predicted octanol–water partition coefficient (Wildman–Crippen LogP) is 2.11. The fourth-order valence-corrected chi connectivity index (χ4v) is 1.11. The summed E-state index contributed by atoms with van der Waals surface area (Å²) in [6.45, 7) is 3.59. The van der Waals surface area contributed by atoms with Crippen molar-refractivity contribution < 1.29 is 4.79 Å². The number of hydrogen-bond donors (Lipinski definition) is 1. The van der Waals surface area contributed by atoms with Gasteiger partial charge in [-0.3, -0.25) is 4.79 Å². The molecule has 15 heavy (non-hydrogen) atoms. The number of carbonyl (C=O) groups excluding carboxylic acids is 1. The molecule has 1 unspecified atom stereocenters. The van der Waals surface area contributed by atoms with E-state index in [0.29, 0.717) is 12.0 Å². The number of benzene rings is 1. The highest BCUT2D eigenvalue weighted by Crippen LogP contribution is 2.09. The number of nitrogens with one attached hydrogen (secondary N) is 1. The Morgan fingerprint density at radius 3 is 2.53 bits per heavy atom. The lowest BCUT2D eigenvalue weighted by Crippen LogP contribution is -2.44. The SMILES string of the molecule is CCC(C)(C#N)NC(=O)c1ccccc1. The van der Waals surface area contributed by atoms with Crippen molar-refractivity contribution in [3.63, 3.8) is 0 Å². The molecule has 1 atom stereocenters. The van der Waals surface area contributed by atoms with Gasteiger partial charge in [0.05, 0.1) is 6.07 Å². The van der Waals surface area contributed by atoms with Gasteiger partial charge in [0.15, 0.2) is 0 Å². The largest absolute Gasteiger partial charge is 0.334 e. The first-order chi connectivity index (χ1) is 7.11. The van der Waals surface area contributed by atoms with Gasteiger partial charge >= 0.3 is 0 Å². The van der Waals surface area contributed by atoms with Crippen molar-refractivity contribution in [2.24, 2.45) is 0 Å². The number of rotatable bonds is 3. The van der Waals surface area contributed by atoms with Crippen LogP contribution in [-0.4, -0.2) is 11.4 Å². The average Bonchev–Trinajstić information content (AvgIpc) is 2.30. The predicted molar refractivity (Wildman–Crippen MR) is 58.2 cm³/mol. The first-order valence-corrected chi connectivity index (χ1v) is 4.90. The van der Waals surface area contributed by atoms with Crippen LogP contribution in [-0.2, 0) is 0 Å². The van der Waals surface area contributed by atoms with E-state index in [2.05, 4.69) is 11.4 Å². The van der Waals surface area contributed by atoms with E-state index in [1.54, 1.807) is 31.2 Å². The minimum absolute atomic E-state index is 0.207. The third kappa shape index (κ3) is 2.81. The van der Waals surface area contributed by atoms with Crippen LogP contribution in [0.2, 0.25) is 0 Å². The van der Waals surface area contributed by atoms with Crippen LogP contribution in [0, 0.1) is 11.3 Å². The molecule has 3 nitrogen and oxygen atoms in total. The van der Waals surface area contributed by atoms with Gasteiger partial charge in [0.25, 0.3) is 5.91 Å². The normalized spacial score (nSPS) is 13.7. The zero-order valence-electron chi connectivity index (χ0n) is 8.95. The second-order valence-corrected chi connectivity index (χ2v) is 3.62. The molecular weight excluding hydrogens is 188 g/mol. The fraction of sp³-hybridized carbons (Fsp3) is 0.333. The van der Waals surface area contributed by atoms with Crippen molar-refractivity contribution in [2.45, 2.75) is 25.8 Å². The third-order valence-corrected chi connectivity index (χ3v) is 2.38. The topological polar surface area (TPSA) is 52.9 Å². The summed E-state index contributed by atoms with van der Waals surface area (Å²) in [5.74, 6) is -0.207. The van der Waals surface area contributed by atoms with Crippen molar-refractivity contribution in [3.05, 3.63) is 35.9 Å². The molecule has 0 aromatic heterocycles. The molecule has 1 rings (SSSR count). The van der Waals surface area contributed by atoms with Gasteiger partial charge < -0.3 is 5.32 Å². The molecule has 1 aromatic rings.